The van der Waals surface area contributed by atoms with Crippen molar-refractivity contribution in [3.05, 3.63) is 57.8 Å². The maximum absolute atomic E-state index is 13.7. The van der Waals surface area contributed by atoms with E-state index in [2.05, 4.69) is 21.2 Å². The number of rotatable bonds is 4. The van der Waals surface area contributed by atoms with Crippen LogP contribution in [0.3, 0.4) is 0 Å². The number of aromatic hydroxyl groups is 1. The maximum atomic E-state index is 13.7. The molecule has 0 heterocycles. The normalized spacial score (nSPS) is 12.2. The van der Waals surface area contributed by atoms with Crippen LogP contribution < -0.4 is 5.32 Å². The van der Waals surface area contributed by atoms with Gasteiger partial charge in [-0.15, -0.1) is 0 Å². The number of halogens is 2. The third-order valence-electron chi connectivity index (χ3n) is 3.32. The summed E-state index contributed by atoms with van der Waals surface area (Å²) in [6, 6.07) is 10.4. The van der Waals surface area contributed by atoms with Gasteiger partial charge in [0.25, 0.3) is 0 Å². The lowest BCUT2D eigenvalue weighted by Crippen LogP contribution is -2.11. The van der Waals surface area contributed by atoms with Crippen molar-refractivity contribution >= 4 is 21.6 Å². The van der Waals surface area contributed by atoms with Crippen LogP contribution in [0.1, 0.15) is 30.5 Å². The number of hydrogen-bond donors (Lipinski definition) is 2. The van der Waals surface area contributed by atoms with Crippen LogP contribution in [0.4, 0.5) is 10.1 Å². The number of nitrogens with one attached hydrogen (secondary N) is 1. The molecule has 0 aliphatic heterocycles. The number of phenolic OH excluding ortho intramolecular Hbond substituents is 1. The Hall–Kier alpha value is -1.55. The third kappa shape index (κ3) is 3.12. The van der Waals surface area contributed by atoms with E-state index in [-0.39, 0.29) is 17.6 Å². The zero-order valence-electron chi connectivity index (χ0n) is 11.5. The van der Waals surface area contributed by atoms with Gasteiger partial charge in [-0.3, -0.25) is 0 Å². The summed E-state index contributed by atoms with van der Waals surface area (Å²) >= 11 is 3.18. The lowest BCUT2D eigenvalue weighted by Gasteiger charge is -2.21. The Morgan fingerprint density at radius 2 is 2.00 bits per heavy atom. The molecule has 0 aromatic heterocycles. The number of aryl methyl sites for hydroxylation is 1. The second kappa shape index (κ2) is 6.27. The van der Waals surface area contributed by atoms with E-state index in [0.717, 1.165) is 23.2 Å². The molecule has 0 aliphatic rings. The Balaban J connectivity index is 2.32. The first kappa shape index (κ1) is 14.9. The summed E-state index contributed by atoms with van der Waals surface area (Å²) in [6.45, 7) is 3.94. The number of phenols is 1. The monoisotopic (exact) mass is 337 g/mol. The van der Waals surface area contributed by atoms with E-state index in [1.54, 1.807) is 18.2 Å². The van der Waals surface area contributed by atoms with Crippen molar-refractivity contribution in [1.29, 1.82) is 0 Å². The van der Waals surface area contributed by atoms with E-state index >= 15 is 0 Å². The van der Waals surface area contributed by atoms with Gasteiger partial charge in [0.05, 0.1) is 10.5 Å². The smallest absolute Gasteiger partial charge is 0.139 e. The van der Waals surface area contributed by atoms with Gasteiger partial charge in [-0.1, -0.05) is 25.1 Å². The molecule has 1 atom stereocenters. The van der Waals surface area contributed by atoms with Crippen LogP contribution in [-0.4, -0.2) is 5.11 Å². The van der Waals surface area contributed by atoms with Crippen molar-refractivity contribution in [2.75, 3.05) is 5.32 Å². The summed E-state index contributed by atoms with van der Waals surface area (Å²) in [5.74, 6) is -0.0488. The molecule has 2 N–H and O–H groups in total. The average molecular weight is 338 g/mol. The van der Waals surface area contributed by atoms with E-state index < -0.39 is 0 Å². The van der Waals surface area contributed by atoms with Crippen molar-refractivity contribution < 1.29 is 9.50 Å². The lowest BCUT2D eigenvalue weighted by molar-refractivity contribution is 0.462. The fourth-order valence-corrected chi connectivity index (χ4v) is 2.63. The minimum Gasteiger partial charge on any atom is -0.508 e. The molecule has 20 heavy (non-hydrogen) atoms. The van der Waals surface area contributed by atoms with Gasteiger partial charge < -0.3 is 10.4 Å². The zero-order valence-corrected chi connectivity index (χ0v) is 13.0. The lowest BCUT2D eigenvalue weighted by atomic mass is 10.0. The van der Waals surface area contributed by atoms with Gasteiger partial charge in [-0.25, -0.2) is 4.39 Å². The predicted octanol–water partition coefficient (Wildman–Crippen LogP) is 5.17. The van der Waals surface area contributed by atoms with Crippen LogP contribution in [0.2, 0.25) is 0 Å². The third-order valence-corrected chi connectivity index (χ3v) is 3.93. The standard InChI is InChI=1S/C16H17BrFNO/c1-3-14(11-6-4-5-7-16(11)20)19-15-9-13(18)12(17)8-10(15)2/h4-9,14,19-20H,3H2,1-2H3. The van der Waals surface area contributed by atoms with Crippen molar-refractivity contribution in [3.63, 3.8) is 0 Å². The quantitative estimate of drug-likeness (QED) is 0.806. The molecule has 2 aromatic rings. The van der Waals surface area contributed by atoms with Crippen LogP contribution in [0.5, 0.6) is 5.75 Å². The number of hydrogen-bond acceptors (Lipinski definition) is 2. The van der Waals surface area contributed by atoms with Crippen molar-refractivity contribution in [2.24, 2.45) is 0 Å². The number of para-hydroxylation sites is 1. The SMILES string of the molecule is CCC(Nc1cc(F)c(Br)cc1C)c1ccccc1O. The second-order valence-electron chi connectivity index (χ2n) is 4.75. The molecule has 1 unspecified atom stereocenters. The summed E-state index contributed by atoms with van der Waals surface area (Å²) in [5.41, 5.74) is 2.51. The van der Waals surface area contributed by atoms with E-state index in [9.17, 15) is 9.50 Å². The largest absolute Gasteiger partial charge is 0.508 e. The van der Waals surface area contributed by atoms with Gasteiger partial charge in [0.2, 0.25) is 0 Å². The van der Waals surface area contributed by atoms with E-state index in [0.29, 0.717) is 4.47 Å². The Morgan fingerprint density at radius 3 is 2.65 bits per heavy atom. The first-order valence-electron chi connectivity index (χ1n) is 6.53. The van der Waals surface area contributed by atoms with Gasteiger partial charge >= 0.3 is 0 Å². The molecular formula is C16H17BrFNO. The maximum Gasteiger partial charge on any atom is 0.139 e. The molecule has 0 saturated carbocycles. The Bertz CT molecular complexity index is 615. The van der Waals surface area contributed by atoms with Crippen molar-refractivity contribution in [1.82, 2.24) is 0 Å². The van der Waals surface area contributed by atoms with E-state index in [1.807, 2.05) is 26.0 Å². The second-order valence-corrected chi connectivity index (χ2v) is 5.60. The molecule has 0 spiro atoms. The molecular weight excluding hydrogens is 321 g/mol. The van der Waals surface area contributed by atoms with Crippen molar-refractivity contribution in [2.45, 2.75) is 26.3 Å². The Labute approximate surface area is 126 Å². The molecule has 2 aromatic carbocycles. The molecule has 2 rings (SSSR count). The van der Waals surface area contributed by atoms with E-state index in [1.165, 1.54) is 6.07 Å². The molecule has 2 nitrogen and oxygen atoms in total. The molecule has 0 fully saturated rings. The molecule has 0 bridgehead atoms. The average Bonchev–Trinajstić information content (AvgIpc) is 2.42. The predicted molar refractivity (Wildman–Crippen MR) is 83.6 cm³/mol. The van der Waals surface area contributed by atoms with E-state index in [4.69, 9.17) is 0 Å². The van der Waals surface area contributed by atoms with Gasteiger partial charge in [0.15, 0.2) is 0 Å². The van der Waals surface area contributed by atoms with Gasteiger partial charge in [0.1, 0.15) is 11.6 Å². The molecule has 0 aliphatic carbocycles. The fourth-order valence-electron chi connectivity index (χ4n) is 2.17. The highest BCUT2D eigenvalue weighted by Gasteiger charge is 2.15. The first-order valence-corrected chi connectivity index (χ1v) is 7.32. The van der Waals surface area contributed by atoms with Crippen LogP contribution >= 0.6 is 15.9 Å². The van der Waals surface area contributed by atoms with Crippen LogP contribution in [0.25, 0.3) is 0 Å². The number of anilines is 1. The van der Waals surface area contributed by atoms with Gasteiger partial charge in [0, 0.05) is 11.3 Å². The molecule has 0 radical (unpaired) electrons. The molecule has 4 heteroatoms. The fraction of sp³-hybridized carbons (Fsp3) is 0.250. The topological polar surface area (TPSA) is 32.3 Å². The number of benzene rings is 2. The Morgan fingerprint density at radius 1 is 1.30 bits per heavy atom. The molecule has 0 saturated heterocycles. The minimum absolute atomic E-state index is 0.0597. The first-order chi connectivity index (χ1) is 9.52. The zero-order chi connectivity index (χ0) is 14.7. The highest BCUT2D eigenvalue weighted by atomic mass is 79.9. The van der Waals surface area contributed by atoms with Crippen LogP contribution in [0.15, 0.2) is 40.9 Å². The van der Waals surface area contributed by atoms with Crippen molar-refractivity contribution in [3.8, 4) is 5.75 Å². The molecule has 106 valence electrons. The molecule has 0 amide bonds. The van der Waals surface area contributed by atoms with Gasteiger partial charge in [-0.05, 0) is 53.0 Å². The summed E-state index contributed by atoms with van der Waals surface area (Å²) in [4.78, 5) is 0. The minimum atomic E-state index is -0.301. The van der Waals surface area contributed by atoms with Crippen LogP contribution in [-0.2, 0) is 0 Å². The highest BCUT2D eigenvalue weighted by molar-refractivity contribution is 9.10. The summed E-state index contributed by atoms with van der Waals surface area (Å²) in [6.07, 6.45) is 0.786. The highest BCUT2D eigenvalue weighted by Crippen LogP contribution is 2.32. The summed E-state index contributed by atoms with van der Waals surface area (Å²) < 4.78 is 14.1. The summed E-state index contributed by atoms with van der Waals surface area (Å²) in [7, 11) is 0. The Kier molecular flexibility index (Phi) is 4.65. The summed E-state index contributed by atoms with van der Waals surface area (Å²) in [5, 5.41) is 13.2. The van der Waals surface area contributed by atoms with Crippen LogP contribution in [0, 0.1) is 12.7 Å². The van der Waals surface area contributed by atoms with Gasteiger partial charge in [-0.2, -0.15) is 0 Å².